The fourth-order valence-electron chi connectivity index (χ4n) is 2.66. The maximum absolute atomic E-state index is 12.2. The molecule has 1 N–H and O–H groups in total. The fourth-order valence-corrected chi connectivity index (χ4v) is 4.04. The van der Waals surface area contributed by atoms with Crippen LogP contribution < -0.4 is 0 Å². The molecule has 0 aliphatic carbocycles. The second-order valence-electron chi connectivity index (χ2n) is 4.97. The first-order valence-corrected chi connectivity index (χ1v) is 7.02. The summed E-state index contributed by atoms with van der Waals surface area (Å²) in [4.78, 5) is 0. The summed E-state index contributed by atoms with van der Waals surface area (Å²) < 4.78 is 42.4. The predicted octanol–water partition coefficient (Wildman–Crippen LogP) is 2.60. The number of ether oxygens (including phenoxy) is 1. The Labute approximate surface area is 103 Å². The Kier molecular flexibility index (Phi) is 3.95. The van der Waals surface area contributed by atoms with E-state index in [0.717, 1.165) is 17.9 Å². The molecule has 1 spiro atoms. The van der Waals surface area contributed by atoms with Crippen molar-refractivity contribution in [2.24, 2.45) is 5.92 Å². The van der Waals surface area contributed by atoms with E-state index in [9.17, 15) is 18.3 Å². The lowest BCUT2D eigenvalue weighted by Gasteiger charge is -2.39. The monoisotopic (exact) mass is 270 g/mol. The highest BCUT2D eigenvalue weighted by Gasteiger charge is 2.44. The van der Waals surface area contributed by atoms with E-state index in [0.29, 0.717) is 19.4 Å². The fraction of sp³-hybridized carbons (Fsp3) is 1.00. The van der Waals surface area contributed by atoms with Crippen LogP contribution in [0.5, 0.6) is 0 Å². The maximum Gasteiger partial charge on any atom is 0.391 e. The quantitative estimate of drug-likeness (QED) is 0.836. The molecule has 0 aromatic carbocycles. The van der Waals surface area contributed by atoms with Crippen molar-refractivity contribution in [3.8, 4) is 0 Å². The smallest absolute Gasteiger partial charge is 0.391 e. The summed E-state index contributed by atoms with van der Waals surface area (Å²) in [5.74, 6) is 1.58. The molecule has 0 radical (unpaired) electrons. The van der Waals surface area contributed by atoms with E-state index in [1.165, 1.54) is 0 Å². The lowest BCUT2D eigenvalue weighted by atomic mass is 9.81. The number of rotatable bonds is 2. The summed E-state index contributed by atoms with van der Waals surface area (Å²) >= 11 is 1.78. The molecule has 2 aliphatic heterocycles. The van der Waals surface area contributed by atoms with E-state index in [1.807, 2.05) is 0 Å². The van der Waals surface area contributed by atoms with E-state index in [-0.39, 0.29) is 11.5 Å². The highest BCUT2D eigenvalue weighted by Crippen LogP contribution is 2.42. The molecule has 2 heterocycles. The van der Waals surface area contributed by atoms with E-state index in [2.05, 4.69) is 0 Å². The van der Waals surface area contributed by atoms with Crippen molar-refractivity contribution in [2.45, 2.75) is 43.6 Å². The summed E-state index contributed by atoms with van der Waals surface area (Å²) in [6.07, 6.45) is -4.66. The number of alkyl halides is 3. The van der Waals surface area contributed by atoms with Gasteiger partial charge in [0, 0.05) is 12.4 Å². The van der Waals surface area contributed by atoms with Crippen molar-refractivity contribution >= 4 is 11.8 Å². The molecule has 0 aromatic rings. The molecule has 2 nitrogen and oxygen atoms in total. The number of thioether (sulfide) groups is 1. The van der Waals surface area contributed by atoms with Crippen LogP contribution in [0.3, 0.4) is 0 Å². The molecule has 0 saturated carbocycles. The van der Waals surface area contributed by atoms with Crippen LogP contribution in [0.4, 0.5) is 13.2 Å². The average molecular weight is 270 g/mol. The van der Waals surface area contributed by atoms with E-state index < -0.39 is 18.7 Å². The van der Waals surface area contributed by atoms with Gasteiger partial charge in [-0.05, 0) is 30.9 Å². The molecule has 0 bridgehead atoms. The third-order valence-electron chi connectivity index (χ3n) is 3.58. The summed E-state index contributed by atoms with van der Waals surface area (Å²) in [5, 5.41) is 9.67. The van der Waals surface area contributed by atoms with Gasteiger partial charge in [-0.25, -0.2) is 0 Å². The van der Waals surface area contributed by atoms with Crippen LogP contribution in [-0.2, 0) is 4.74 Å². The van der Waals surface area contributed by atoms with Crippen LogP contribution in [0.1, 0.15) is 25.7 Å². The first-order chi connectivity index (χ1) is 7.90. The largest absolute Gasteiger partial charge is 0.392 e. The molecule has 2 fully saturated rings. The molecule has 3 unspecified atom stereocenters. The Bertz CT molecular complexity index is 264. The number of halogens is 3. The number of aliphatic hydroxyl groups excluding tert-OH is 1. The van der Waals surface area contributed by atoms with Gasteiger partial charge in [0.05, 0.1) is 18.1 Å². The zero-order valence-corrected chi connectivity index (χ0v) is 10.3. The van der Waals surface area contributed by atoms with Crippen LogP contribution in [0.25, 0.3) is 0 Å². The van der Waals surface area contributed by atoms with E-state index in [4.69, 9.17) is 4.74 Å². The predicted molar refractivity (Wildman–Crippen MR) is 60.0 cm³/mol. The Balaban J connectivity index is 1.92. The highest BCUT2D eigenvalue weighted by molar-refractivity contribution is 7.99. The van der Waals surface area contributed by atoms with Crippen molar-refractivity contribution < 1.29 is 23.0 Å². The number of hydrogen-bond donors (Lipinski definition) is 1. The first-order valence-electron chi connectivity index (χ1n) is 5.87. The minimum atomic E-state index is -4.28. The number of hydrogen-bond acceptors (Lipinski definition) is 3. The lowest BCUT2D eigenvalue weighted by molar-refractivity contribution is -0.171. The van der Waals surface area contributed by atoms with Crippen LogP contribution >= 0.6 is 11.8 Å². The standard InChI is InChI=1S/C11H17F3O2S/c12-11(13,14)6-9(15)8-1-3-16-10(5-8)2-4-17-7-10/h8-9,15H,1-7H2. The minimum absolute atomic E-state index is 0.264. The van der Waals surface area contributed by atoms with Gasteiger partial charge in [0.1, 0.15) is 0 Å². The van der Waals surface area contributed by atoms with Crippen LogP contribution in [0, 0.1) is 5.92 Å². The second-order valence-corrected chi connectivity index (χ2v) is 6.08. The zero-order valence-electron chi connectivity index (χ0n) is 9.50. The van der Waals surface area contributed by atoms with Gasteiger partial charge in [-0.3, -0.25) is 0 Å². The van der Waals surface area contributed by atoms with Crippen molar-refractivity contribution in [1.29, 1.82) is 0 Å². The summed E-state index contributed by atoms with van der Waals surface area (Å²) in [6, 6.07) is 0. The van der Waals surface area contributed by atoms with Gasteiger partial charge in [0.2, 0.25) is 0 Å². The van der Waals surface area contributed by atoms with Gasteiger partial charge in [-0.1, -0.05) is 0 Å². The van der Waals surface area contributed by atoms with Crippen LogP contribution in [0.2, 0.25) is 0 Å². The Morgan fingerprint density at radius 1 is 1.47 bits per heavy atom. The Morgan fingerprint density at radius 3 is 2.82 bits per heavy atom. The van der Waals surface area contributed by atoms with Crippen molar-refractivity contribution in [3.63, 3.8) is 0 Å². The van der Waals surface area contributed by atoms with Gasteiger partial charge in [0.15, 0.2) is 0 Å². The molecule has 2 saturated heterocycles. The summed E-state index contributed by atoms with van der Waals surface area (Å²) in [5.41, 5.74) is -0.264. The molecule has 0 aromatic heterocycles. The first kappa shape index (κ1) is 13.5. The van der Waals surface area contributed by atoms with Gasteiger partial charge in [0.25, 0.3) is 0 Å². The SMILES string of the molecule is OC(CC(F)(F)F)C1CCOC2(CCSC2)C1. The van der Waals surface area contributed by atoms with Crippen LogP contribution in [0.15, 0.2) is 0 Å². The number of aliphatic hydroxyl groups is 1. The van der Waals surface area contributed by atoms with Crippen molar-refractivity contribution in [2.75, 3.05) is 18.1 Å². The normalized spacial score (nSPS) is 36.4. The van der Waals surface area contributed by atoms with Crippen molar-refractivity contribution in [1.82, 2.24) is 0 Å². The topological polar surface area (TPSA) is 29.5 Å². The Hall–Kier alpha value is 0.0600. The third-order valence-corrected chi connectivity index (χ3v) is 4.81. The maximum atomic E-state index is 12.2. The zero-order chi connectivity index (χ0) is 12.5. The average Bonchev–Trinajstić information content (AvgIpc) is 2.64. The highest BCUT2D eigenvalue weighted by atomic mass is 32.2. The molecule has 6 heteroatoms. The van der Waals surface area contributed by atoms with Crippen molar-refractivity contribution in [3.05, 3.63) is 0 Å². The Morgan fingerprint density at radius 2 is 2.24 bits per heavy atom. The van der Waals surface area contributed by atoms with E-state index in [1.54, 1.807) is 11.8 Å². The molecule has 2 aliphatic rings. The molecule has 0 amide bonds. The third kappa shape index (κ3) is 3.51. The lowest BCUT2D eigenvalue weighted by Crippen LogP contribution is -2.44. The van der Waals surface area contributed by atoms with Gasteiger partial charge < -0.3 is 9.84 Å². The summed E-state index contributed by atoms with van der Waals surface area (Å²) in [7, 11) is 0. The molecule has 3 atom stereocenters. The summed E-state index contributed by atoms with van der Waals surface area (Å²) in [6.45, 7) is 0.472. The van der Waals surface area contributed by atoms with Crippen LogP contribution in [-0.4, -0.2) is 41.1 Å². The molecule has 17 heavy (non-hydrogen) atoms. The van der Waals surface area contributed by atoms with Gasteiger partial charge in [-0.15, -0.1) is 0 Å². The molecule has 2 rings (SSSR count). The van der Waals surface area contributed by atoms with E-state index >= 15 is 0 Å². The molecular formula is C11H17F3O2S. The van der Waals surface area contributed by atoms with Gasteiger partial charge >= 0.3 is 6.18 Å². The minimum Gasteiger partial charge on any atom is -0.392 e. The molecular weight excluding hydrogens is 253 g/mol. The molecule has 100 valence electrons. The second kappa shape index (κ2) is 4.97. The van der Waals surface area contributed by atoms with Gasteiger partial charge in [-0.2, -0.15) is 24.9 Å².